The van der Waals surface area contributed by atoms with Crippen molar-refractivity contribution in [3.8, 4) is 0 Å². The molecule has 2 amide bonds. The summed E-state index contributed by atoms with van der Waals surface area (Å²) in [6.07, 6.45) is 5.22. The lowest BCUT2D eigenvalue weighted by Crippen LogP contribution is -2.31. The lowest BCUT2D eigenvalue weighted by Gasteiger charge is -2.28. The van der Waals surface area contributed by atoms with E-state index in [0.717, 1.165) is 31.5 Å². The van der Waals surface area contributed by atoms with Gasteiger partial charge in [0.1, 0.15) is 5.69 Å². The second kappa shape index (κ2) is 8.43. The van der Waals surface area contributed by atoms with Gasteiger partial charge in [-0.3, -0.25) is 0 Å². The lowest BCUT2D eigenvalue weighted by molar-refractivity contribution is 0.262. The summed E-state index contributed by atoms with van der Waals surface area (Å²) in [4.78, 5) is 25.6. The highest BCUT2D eigenvalue weighted by atomic mass is 35.5. The second-order valence-corrected chi connectivity index (χ2v) is 7.30. The lowest BCUT2D eigenvalue weighted by atomic mass is 10.1. The molecule has 144 valence electrons. The van der Waals surface area contributed by atoms with Crippen molar-refractivity contribution in [1.29, 1.82) is 0 Å². The number of anilines is 4. The molecule has 2 heterocycles. The molecule has 7 nitrogen and oxygen atoms in total. The number of aromatic nitrogens is 2. The Morgan fingerprint density at radius 2 is 1.93 bits per heavy atom. The minimum absolute atomic E-state index is 0.368. The number of carbonyl (C=O) groups excluding carboxylic acids is 1. The van der Waals surface area contributed by atoms with Crippen molar-refractivity contribution in [1.82, 2.24) is 9.97 Å². The molecule has 3 rings (SSSR count). The number of piperidine rings is 1. The van der Waals surface area contributed by atoms with E-state index in [1.54, 1.807) is 12.3 Å². The minimum atomic E-state index is -0.368. The maximum atomic E-state index is 12.4. The van der Waals surface area contributed by atoms with Crippen LogP contribution in [0.2, 0.25) is 5.02 Å². The van der Waals surface area contributed by atoms with Gasteiger partial charge >= 0.3 is 6.03 Å². The van der Waals surface area contributed by atoms with Crippen LogP contribution in [0, 0.1) is 6.92 Å². The number of aryl methyl sites for hydroxylation is 1. The Morgan fingerprint density at radius 3 is 2.59 bits per heavy atom. The summed E-state index contributed by atoms with van der Waals surface area (Å²) < 4.78 is 0. The normalized spacial score (nSPS) is 14.0. The first kappa shape index (κ1) is 19.2. The van der Waals surface area contributed by atoms with E-state index in [-0.39, 0.29) is 6.03 Å². The molecule has 1 aromatic heterocycles. The van der Waals surface area contributed by atoms with Gasteiger partial charge in [-0.05, 0) is 43.9 Å². The standard InChI is InChI=1S/C19H25ClN6O/c1-13-7-8-14(11-15(13)20)22-19(27)23-16-12-21-18(24-17(16)25(2)3)26-9-5-4-6-10-26/h7-8,11-12H,4-6,9-10H2,1-3H3,(H2,22,23,27). The monoisotopic (exact) mass is 388 g/mol. The van der Waals surface area contributed by atoms with Crippen molar-refractivity contribution in [2.24, 2.45) is 0 Å². The van der Waals surface area contributed by atoms with Gasteiger partial charge in [-0.25, -0.2) is 9.78 Å². The number of carbonyl (C=O) groups is 1. The fourth-order valence-electron chi connectivity index (χ4n) is 2.99. The highest BCUT2D eigenvalue weighted by Crippen LogP contribution is 2.26. The van der Waals surface area contributed by atoms with Crippen molar-refractivity contribution in [3.63, 3.8) is 0 Å². The number of nitrogens with one attached hydrogen (secondary N) is 2. The summed E-state index contributed by atoms with van der Waals surface area (Å²) in [5.74, 6) is 1.37. The molecule has 1 aliphatic heterocycles. The predicted molar refractivity (Wildman–Crippen MR) is 111 cm³/mol. The van der Waals surface area contributed by atoms with E-state index in [9.17, 15) is 4.79 Å². The molecule has 0 spiro atoms. The van der Waals surface area contributed by atoms with Crippen LogP contribution >= 0.6 is 11.6 Å². The van der Waals surface area contributed by atoms with E-state index in [1.807, 2.05) is 38.1 Å². The highest BCUT2D eigenvalue weighted by molar-refractivity contribution is 6.31. The Labute approximate surface area is 164 Å². The third kappa shape index (κ3) is 4.80. The molecule has 27 heavy (non-hydrogen) atoms. The molecule has 2 aromatic rings. The van der Waals surface area contributed by atoms with Crippen LogP contribution in [-0.2, 0) is 0 Å². The zero-order valence-corrected chi connectivity index (χ0v) is 16.7. The van der Waals surface area contributed by atoms with Crippen LogP contribution < -0.4 is 20.4 Å². The van der Waals surface area contributed by atoms with Crippen molar-refractivity contribution in [2.45, 2.75) is 26.2 Å². The average molecular weight is 389 g/mol. The van der Waals surface area contributed by atoms with Crippen molar-refractivity contribution < 1.29 is 4.79 Å². The van der Waals surface area contributed by atoms with Crippen LogP contribution in [0.5, 0.6) is 0 Å². The number of benzene rings is 1. The highest BCUT2D eigenvalue weighted by Gasteiger charge is 2.17. The van der Waals surface area contributed by atoms with Gasteiger partial charge < -0.3 is 20.4 Å². The third-order valence-corrected chi connectivity index (χ3v) is 4.90. The maximum absolute atomic E-state index is 12.4. The summed E-state index contributed by atoms with van der Waals surface area (Å²) in [7, 11) is 3.79. The Morgan fingerprint density at radius 1 is 1.19 bits per heavy atom. The largest absolute Gasteiger partial charge is 0.361 e. The zero-order chi connectivity index (χ0) is 19.4. The molecular formula is C19H25ClN6O. The number of halogens is 1. The molecule has 1 aromatic carbocycles. The molecule has 0 unspecified atom stereocenters. The van der Waals surface area contributed by atoms with Gasteiger partial charge in [0.05, 0.1) is 6.20 Å². The smallest absolute Gasteiger partial charge is 0.323 e. The number of hydrogen-bond acceptors (Lipinski definition) is 5. The van der Waals surface area contributed by atoms with Gasteiger partial charge in [-0.1, -0.05) is 17.7 Å². The molecule has 1 saturated heterocycles. The zero-order valence-electron chi connectivity index (χ0n) is 15.9. The van der Waals surface area contributed by atoms with E-state index in [4.69, 9.17) is 11.6 Å². The topological polar surface area (TPSA) is 73.4 Å². The van der Waals surface area contributed by atoms with Crippen LogP contribution in [0.3, 0.4) is 0 Å². The van der Waals surface area contributed by atoms with Gasteiger partial charge in [0.25, 0.3) is 0 Å². The minimum Gasteiger partial charge on any atom is -0.361 e. The number of nitrogens with zero attached hydrogens (tertiary/aromatic N) is 4. The molecule has 0 bridgehead atoms. The van der Waals surface area contributed by atoms with Gasteiger partial charge in [0, 0.05) is 37.9 Å². The van der Waals surface area contributed by atoms with Crippen LogP contribution in [0.25, 0.3) is 0 Å². The fraction of sp³-hybridized carbons (Fsp3) is 0.421. The molecule has 2 N–H and O–H groups in total. The molecular weight excluding hydrogens is 364 g/mol. The van der Waals surface area contributed by atoms with Crippen LogP contribution in [0.1, 0.15) is 24.8 Å². The Bertz CT molecular complexity index is 820. The quantitative estimate of drug-likeness (QED) is 0.823. The molecule has 0 radical (unpaired) electrons. The molecule has 0 aliphatic carbocycles. The first-order valence-corrected chi connectivity index (χ1v) is 9.45. The van der Waals surface area contributed by atoms with Crippen LogP contribution in [0.4, 0.5) is 27.9 Å². The Kier molecular flexibility index (Phi) is 6.01. The van der Waals surface area contributed by atoms with E-state index in [2.05, 4.69) is 25.5 Å². The molecule has 1 fully saturated rings. The van der Waals surface area contributed by atoms with Crippen LogP contribution in [-0.4, -0.2) is 43.2 Å². The molecule has 0 atom stereocenters. The first-order chi connectivity index (χ1) is 12.9. The van der Waals surface area contributed by atoms with E-state index in [0.29, 0.717) is 28.2 Å². The predicted octanol–water partition coefficient (Wildman–Crippen LogP) is 4.14. The summed E-state index contributed by atoms with van der Waals surface area (Å²) in [6, 6.07) is 5.02. The number of amides is 2. The Hall–Kier alpha value is -2.54. The summed E-state index contributed by atoms with van der Waals surface area (Å²) in [6.45, 7) is 3.85. The van der Waals surface area contributed by atoms with E-state index < -0.39 is 0 Å². The van der Waals surface area contributed by atoms with Crippen molar-refractivity contribution in [2.75, 3.05) is 47.6 Å². The van der Waals surface area contributed by atoms with Gasteiger partial charge in [-0.15, -0.1) is 0 Å². The van der Waals surface area contributed by atoms with E-state index in [1.165, 1.54) is 6.42 Å². The molecule has 0 saturated carbocycles. The number of rotatable bonds is 4. The van der Waals surface area contributed by atoms with Gasteiger partial charge in [0.2, 0.25) is 5.95 Å². The fourth-order valence-corrected chi connectivity index (χ4v) is 3.17. The summed E-state index contributed by atoms with van der Waals surface area (Å²) in [5.41, 5.74) is 2.14. The first-order valence-electron chi connectivity index (χ1n) is 9.07. The SMILES string of the molecule is Cc1ccc(NC(=O)Nc2cnc(N3CCCCC3)nc2N(C)C)cc1Cl. The number of hydrogen-bond donors (Lipinski definition) is 2. The summed E-state index contributed by atoms with van der Waals surface area (Å²) in [5, 5.41) is 6.22. The molecule has 8 heteroatoms. The van der Waals surface area contributed by atoms with Crippen LogP contribution in [0.15, 0.2) is 24.4 Å². The van der Waals surface area contributed by atoms with Crippen molar-refractivity contribution >= 4 is 40.8 Å². The summed E-state index contributed by atoms with van der Waals surface area (Å²) >= 11 is 6.11. The third-order valence-electron chi connectivity index (χ3n) is 4.50. The number of urea groups is 1. The maximum Gasteiger partial charge on any atom is 0.323 e. The van der Waals surface area contributed by atoms with Gasteiger partial charge in [-0.2, -0.15) is 4.98 Å². The van der Waals surface area contributed by atoms with Crippen molar-refractivity contribution in [3.05, 3.63) is 35.0 Å². The Balaban J connectivity index is 1.74. The van der Waals surface area contributed by atoms with E-state index >= 15 is 0 Å². The van der Waals surface area contributed by atoms with Gasteiger partial charge in [0.15, 0.2) is 5.82 Å². The molecule has 1 aliphatic rings. The second-order valence-electron chi connectivity index (χ2n) is 6.89. The average Bonchev–Trinajstić information content (AvgIpc) is 2.65.